The van der Waals surface area contributed by atoms with Crippen LogP contribution in [0.1, 0.15) is 54.9 Å². The predicted octanol–water partition coefficient (Wildman–Crippen LogP) is 5.53. The lowest BCUT2D eigenvalue weighted by Crippen LogP contribution is -2.33. The first-order valence-corrected chi connectivity index (χ1v) is 12.3. The highest BCUT2D eigenvalue weighted by atomic mass is 32.2. The van der Waals surface area contributed by atoms with E-state index in [0.29, 0.717) is 0 Å². The van der Waals surface area contributed by atoms with Crippen molar-refractivity contribution in [2.75, 3.05) is 0 Å². The van der Waals surface area contributed by atoms with Crippen molar-refractivity contribution in [3.05, 3.63) is 11.2 Å². The van der Waals surface area contributed by atoms with Gasteiger partial charge in [-0.15, -0.1) is 0 Å². The van der Waals surface area contributed by atoms with Gasteiger partial charge in [-0.1, -0.05) is 32.5 Å². The highest BCUT2D eigenvalue weighted by Gasteiger charge is 2.46. The zero-order valence-corrected chi connectivity index (χ0v) is 17.8. The normalized spacial score (nSPS) is 25.4. The van der Waals surface area contributed by atoms with Crippen LogP contribution in [0.5, 0.6) is 0 Å². The summed E-state index contributed by atoms with van der Waals surface area (Å²) >= 11 is 1.79. The molecular formula is C17H34O3SSi. The fourth-order valence-corrected chi connectivity index (χ4v) is 4.84. The van der Waals surface area contributed by atoms with E-state index >= 15 is 0 Å². The van der Waals surface area contributed by atoms with Crippen LogP contribution in [0, 0.1) is 0 Å². The molecule has 0 unspecified atom stereocenters. The van der Waals surface area contributed by atoms with Gasteiger partial charge in [0, 0.05) is 4.75 Å². The molecular weight excluding hydrogens is 312 g/mol. The van der Waals surface area contributed by atoms with Gasteiger partial charge in [0.15, 0.2) is 5.79 Å². The van der Waals surface area contributed by atoms with Gasteiger partial charge in [0.25, 0.3) is 0 Å². The molecule has 0 aromatic carbocycles. The fourth-order valence-electron chi connectivity index (χ4n) is 2.45. The van der Waals surface area contributed by atoms with Crippen LogP contribution in [0.4, 0.5) is 0 Å². The Morgan fingerprint density at radius 2 is 1.73 bits per heavy atom. The van der Waals surface area contributed by atoms with Crippen molar-refractivity contribution in [2.24, 2.45) is 0 Å². The first kappa shape index (κ1) is 20.1. The van der Waals surface area contributed by atoms with Crippen molar-refractivity contribution in [3.8, 4) is 0 Å². The Morgan fingerprint density at radius 3 is 2.09 bits per heavy atom. The molecule has 1 fully saturated rings. The topological polar surface area (TPSA) is 27.7 Å². The third-order valence-corrected chi connectivity index (χ3v) is 5.07. The van der Waals surface area contributed by atoms with Crippen molar-refractivity contribution in [2.45, 2.75) is 96.8 Å². The van der Waals surface area contributed by atoms with Gasteiger partial charge in [0.05, 0.1) is 11.7 Å². The molecule has 1 rings (SSSR count). The zero-order chi connectivity index (χ0) is 17.4. The minimum atomic E-state index is -1.62. The van der Waals surface area contributed by atoms with E-state index in [1.165, 1.54) is 0 Å². The molecule has 0 spiro atoms. The van der Waals surface area contributed by atoms with Crippen LogP contribution < -0.4 is 0 Å². The molecule has 1 heterocycles. The Balaban J connectivity index is 2.84. The smallest absolute Gasteiger partial charge is 0.242 e. The number of thioether (sulfide) groups is 1. The minimum absolute atomic E-state index is 0.0447. The van der Waals surface area contributed by atoms with Crippen LogP contribution >= 0.6 is 11.8 Å². The summed E-state index contributed by atoms with van der Waals surface area (Å²) in [6, 6.07) is 0. The highest BCUT2D eigenvalue weighted by Crippen LogP contribution is 2.39. The maximum atomic E-state index is 6.26. The van der Waals surface area contributed by atoms with E-state index in [2.05, 4.69) is 60.3 Å². The second kappa shape index (κ2) is 6.50. The number of hydrogen-bond donors (Lipinski definition) is 0. The third kappa shape index (κ3) is 7.07. The highest BCUT2D eigenvalue weighted by molar-refractivity contribution is 8.04. The SMILES string of the molecule is CC1(C)O[C@@H](C/C=C(/O[Si](C)(C)C)SC(C)(C)C)C(C)(C)O1. The molecule has 3 nitrogen and oxygen atoms in total. The summed E-state index contributed by atoms with van der Waals surface area (Å²) in [5, 5.41) is 1.02. The van der Waals surface area contributed by atoms with Crippen LogP contribution in [0.25, 0.3) is 0 Å². The van der Waals surface area contributed by atoms with Gasteiger partial charge in [-0.05, 0) is 59.8 Å². The molecule has 22 heavy (non-hydrogen) atoms. The summed E-state index contributed by atoms with van der Waals surface area (Å²) in [7, 11) is -1.62. The Morgan fingerprint density at radius 1 is 1.18 bits per heavy atom. The van der Waals surface area contributed by atoms with Crippen molar-refractivity contribution in [1.29, 1.82) is 0 Å². The standard InChI is InChI=1S/C17H34O3SSi/c1-15(2,3)21-14(19-22(8,9)10)12-11-13-16(4,5)20-17(6,7)18-13/h12-13H,11H2,1-10H3/b14-12-/t13-/m0/s1. The van der Waals surface area contributed by atoms with Gasteiger partial charge >= 0.3 is 0 Å². The lowest BCUT2D eigenvalue weighted by Gasteiger charge is -2.27. The number of rotatable bonds is 5. The Bertz CT molecular complexity index is 399. The van der Waals surface area contributed by atoms with E-state index in [0.717, 1.165) is 11.5 Å². The summed E-state index contributed by atoms with van der Waals surface area (Å²) in [6.07, 6.45) is 3.04. The number of ether oxygens (including phenoxy) is 2. The van der Waals surface area contributed by atoms with Crippen LogP contribution in [0.3, 0.4) is 0 Å². The average Bonchev–Trinajstić information content (AvgIpc) is 2.37. The van der Waals surface area contributed by atoms with E-state index in [4.69, 9.17) is 13.9 Å². The third-order valence-electron chi connectivity index (χ3n) is 3.02. The zero-order valence-electron chi connectivity index (χ0n) is 16.0. The van der Waals surface area contributed by atoms with Crippen molar-refractivity contribution in [3.63, 3.8) is 0 Å². The molecule has 130 valence electrons. The van der Waals surface area contributed by atoms with Gasteiger partial charge in [0.2, 0.25) is 8.32 Å². The lowest BCUT2D eigenvalue weighted by atomic mass is 9.99. The molecule has 1 aliphatic rings. The summed E-state index contributed by atoms with van der Waals surface area (Å²) < 4.78 is 18.4. The monoisotopic (exact) mass is 346 g/mol. The van der Waals surface area contributed by atoms with Crippen molar-refractivity contribution in [1.82, 2.24) is 0 Å². The van der Waals surface area contributed by atoms with E-state index in [-0.39, 0.29) is 16.5 Å². The average molecular weight is 347 g/mol. The fraction of sp³-hybridized carbons (Fsp3) is 0.882. The maximum absolute atomic E-state index is 6.26. The predicted molar refractivity (Wildman–Crippen MR) is 98.6 cm³/mol. The quantitative estimate of drug-likeness (QED) is 0.483. The van der Waals surface area contributed by atoms with E-state index in [1.54, 1.807) is 11.8 Å². The summed E-state index contributed by atoms with van der Waals surface area (Å²) in [5.41, 5.74) is -0.281. The Kier molecular flexibility index (Phi) is 5.93. The summed E-state index contributed by atoms with van der Waals surface area (Å²) in [5.74, 6) is -0.515. The second-order valence-corrected chi connectivity index (χ2v) is 15.2. The van der Waals surface area contributed by atoms with Crippen LogP contribution in [-0.4, -0.2) is 30.6 Å². The van der Waals surface area contributed by atoms with E-state index in [9.17, 15) is 0 Å². The first-order valence-electron chi connectivity index (χ1n) is 8.06. The molecule has 0 radical (unpaired) electrons. The first-order chi connectivity index (χ1) is 9.60. The molecule has 0 aliphatic carbocycles. The summed E-state index contributed by atoms with van der Waals surface area (Å²) in [4.78, 5) is 0. The Hall–Kier alpha value is 0.0269. The van der Waals surface area contributed by atoms with Crippen LogP contribution in [0.15, 0.2) is 11.2 Å². The molecule has 0 bridgehead atoms. The largest absolute Gasteiger partial charge is 0.540 e. The van der Waals surface area contributed by atoms with Crippen molar-refractivity contribution < 1.29 is 13.9 Å². The molecule has 0 saturated carbocycles. The van der Waals surface area contributed by atoms with Gasteiger partial charge in [-0.2, -0.15) is 0 Å². The summed E-state index contributed by atoms with van der Waals surface area (Å²) in [6.45, 7) is 21.4. The van der Waals surface area contributed by atoms with Gasteiger partial charge in [-0.25, -0.2) is 0 Å². The Labute approximate surface area is 142 Å². The molecule has 0 aromatic rings. The number of hydrogen-bond acceptors (Lipinski definition) is 4. The van der Waals surface area contributed by atoms with Crippen LogP contribution in [-0.2, 0) is 13.9 Å². The van der Waals surface area contributed by atoms with Gasteiger partial charge in [0.1, 0.15) is 5.09 Å². The van der Waals surface area contributed by atoms with E-state index in [1.807, 2.05) is 13.8 Å². The van der Waals surface area contributed by atoms with Crippen molar-refractivity contribution >= 4 is 20.1 Å². The lowest BCUT2D eigenvalue weighted by molar-refractivity contribution is -0.157. The second-order valence-electron chi connectivity index (χ2n) is 8.90. The molecule has 0 N–H and O–H groups in total. The maximum Gasteiger partial charge on any atom is 0.242 e. The van der Waals surface area contributed by atoms with E-state index < -0.39 is 14.1 Å². The molecule has 0 aromatic heterocycles. The molecule has 1 aliphatic heterocycles. The molecule has 1 saturated heterocycles. The molecule has 0 amide bonds. The molecule has 1 atom stereocenters. The minimum Gasteiger partial charge on any atom is -0.540 e. The molecule has 5 heteroatoms. The van der Waals surface area contributed by atoms with Crippen LogP contribution in [0.2, 0.25) is 19.6 Å². The van der Waals surface area contributed by atoms with Gasteiger partial charge < -0.3 is 13.9 Å². The van der Waals surface area contributed by atoms with Gasteiger partial charge in [-0.3, -0.25) is 0 Å².